The molecule has 3 aliphatic rings. The normalized spacial score (nSPS) is 33.6. The van der Waals surface area contributed by atoms with Gasteiger partial charge in [0.15, 0.2) is 0 Å². The van der Waals surface area contributed by atoms with Crippen molar-refractivity contribution in [3.8, 4) is 0 Å². The lowest BCUT2D eigenvalue weighted by Gasteiger charge is -2.28. The Balaban J connectivity index is 1.72. The second-order valence-electron chi connectivity index (χ2n) is 6.92. The molecule has 1 amide bonds. The van der Waals surface area contributed by atoms with Crippen molar-refractivity contribution in [2.75, 3.05) is 13.1 Å². The Kier molecular flexibility index (Phi) is 3.06. The van der Waals surface area contributed by atoms with Gasteiger partial charge in [0.25, 0.3) is 0 Å². The molecule has 1 N–H and O–H groups in total. The average Bonchev–Trinajstić information content (AvgIpc) is 2.96. The molecule has 1 heterocycles. The summed E-state index contributed by atoms with van der Waals surface area (Å²) in [6.07, 6.45) is 6.48. The van der Waals surface area contributed by atoms with Gasteiger partial charge >= 0.3 is 5.97 Å². The van der Waals surface area contributed by atoms with Crippen LogP contribution in [0.5, 0.6) is 0 Å². The molecule has 0 aromatic rings. The Labute approximate surface area is 114 Å². The van der Waals surface area contributed by atoms with Crippen molar-refractivity contribution in [1.29, 1.82) is 0 Å². The number of carbonyl (C=O) groups is 2. The molecular weight excluding hydrogens is 242 g/mol. The lowest BCUT2D eigenvalue weighted by molar-refractivity contribution is -0.143. The van der Waals surface area contributed by atoms with E-state index in [1.165, 1.54) is 0 Å². The highest BCUT2D eigenvalue weighted by Crippen LogP contribution is 2.46. The van der Waals surface area contributed by atoms with Crippen LogP contribution in [0.25, 0.3) is 0 Å². The summed E-state index contributed by atoms with van der Waals surface area (Å²) in [6, 6.07) is 0. The van der Waals surface area contributed by atoms with Gasteiger partial charge in [-0.15, -0.1) is 0 Å². The maximum absolute atomic E-state index is 12.7. The van der Waals surface area contributed by atoms with Crippen molar-refractivity contribution >= 4 is 11.9 Å². The zero-order valence-electron chi connectivity index (χ0n) is 11.6. The summed E-state index contributed by atoms with van der Waals surface area (Å²) in [5.41, 5.74) is -0.221. The Morgan fingerprint density at radius 1 is 1.16 bits per heavy atom. The summed E-state index contributed by atoms with van der Waals surface area (Å²) in [5, 5.41) is 9.35. The fraction of sp³-hybridized carbons (Fsp3) is 0.867. The molecular formula is C15H23NO3. The lowest BCUT2D eigenvalue weighted by Crippen LogP contribution is -2.40. The lowest BCUT2D eigenvalue weighted by atomic mass is 9.87. The Bertz CT molecular complexity index is 396. The Hall–Kier alpha value is -1.06. The number of nitrogens with zero attached hydrogens (tertiary/aromatic N) is 1. The van der Waals surface area contributed by atoms with Crippen LogP contribution in [0, 0.1) is 23.2 Å². The molecule has 0 aromatic carbocycles. The number of amides is 1. The first-order chi connectivity index (χ1) is 9.01. The van der Waals surface area contributed by atoms with Crippen molar-refractivity contribution in [2.24, 2.45) is 23.2 Å². The molecule has 0 bridgehead atoms. The van der Waals surface area contributed by atoms with Crippen LogP contribution in [0.3, 0.4) is 0 Å². The minimum absolute atomic E-state index is 0.200. The summed E-state index contributed by atoms with van der Waals surface area (Å²) < 4.78 is 0. The van der Waals surface area contributed by atoms with Crippen LogP contribution in [0.1, 0.15) is 45.4 Å². The van der Waals surface area contributed by atoms with Crippen molar-refractivity contribution in [3.05, 3.63) is 0 Å². The molecule has 4 heteroatoms. The predicted molar refractivity (Wildman–Crippen MR) is 70.5 cm³/mol. The fourth-order valence-corrected chi connectivity index (χ4v) is 4.01. The number of hydrogen-bond donors (Lipinski definition) is 1. The van der Waals surface area contributed by atoms with Crippen LogP contribution >= 0.6 is 0 Å². The van der Waals surface area contributed by atoms with Gasteiger partial charge in [0, 0.05) is 18.5 Å². The molecule has 106 valence electrons. The maximum Gasteiger partial charge on any atom is 0.308 e. The Morgan fingerprint density at radius 2 is 1.79 bits per heavy atom. The highest BCUT2D eigenvalue weighted by Gasteiger charge is 2.49. The SMILES string of the molecule is CC1(C(=O)N2C[C@H](C(=O)O)[C@@H](C3CC3)C2)CCCC1. The zero-order valence-corrected chi connectivity index (χ0v) is 11.6. The molecule has 4 nitrogen and oxygen atoms in total. The number of carboxylic acid groups (broad SMARTS) is 1. The summed E-state index contributed by atoms with van der Waals surface area (Å²) >= 11 is 0. The van der Waals surface area contributed by atoms with E-state index in [-0.39, 0.29) is 23.2 Å². The topological polar surface area (TPSA) is 57.6 Å². The Morgan fingerprint density at radius 3 is 2.32 bits per heavy atom. The molecule has 2 atom stereocenters. The van der Waals surface area contributed by atoms with Gasteiger partial charge in [-0.25, -0.2) is 0 Å². The first-order valence-electron chi connectivity index (χ1n) is 7.53. The fourth-order valence-electron chi connectivity index (χ4n) is 4.01. The third-order valence-corrected chi connectivity index (χ3v) is 5.42. The second-order valence-corrected chi connectivity index (χ2v) is 6.92. The number of carboxylic acids is 1. The van der Waals surface area contributed by atoms with E-state index in [1.807, 2.05) is 4.90 Å². The highest BCUT2D eigenvalue weighted by molar-refractivity contribution is 5.84. The first kappa shape index (κ1) is 12.9. The summed E-state index contributed by atoms with van der Waals surface area (Å²) in [7, 11) is 0. The quantitative estimate of drug-likeness (QED) is 0.850. The maximum atomic E-state index is 12.7. The minimum Gasteiger partial charge on any atom is -0.481 e. The highest BCUT2D eigenvalue weighted by atomic mass is 16.4. The van der Waals surface area contributed by atoms with Crippen molar-refractivity contribution < 1.29 is 14.7 Å². The van der Waals surface area contributed by atoms with Crippen LogP contribution in [-0.2, 0) is 9.59 Å². The summed E-state index contributed by atoms with van der Waals surface area (Å²) in [4.78, 5) is 25.9. The van der Waals surface area contributed by atoms with E-state index in [2.05, 4.69) is 6.92 Å². The number of carbonyl (C=O) groups excluding carboxylic acids is 1. The van der Waals surface area contributed by atoms with E-state index in [0.717, 1.165) is 38.5 Å². The van der Waals surface area contributed by atoms with Gasteiger partial charge in [0.2, 0.25) is 5.91 Å². The van der Waals surface area contributed by atoms with E-state index < -0.39 is 5.97 Å². The van der Waals surface area contributed by atoms with Gasteiger partial charge in [0.05, 0.1) is 5.92 Å². The smallest absolute Gasteiger partial charge is 0.308 e. The van der Waals surface area contributed by atoms with E-state index in [9.17, 15) is 14.7 Å². The van der Waals surface area contributed by atoms with E-state index >= 15 is 0 Å². The van der Waals surface area contributed by atoms with Crippen LogP contribution in [0.2, 0.25) is 0 Å². The molecule has 1 aliphatic heterocycles. The van der Waals surface area contributed by atoms with E-state index in [0.29, 0.717) is 19.0 Å². The van der Waals surface area contributed by atoms with Crippen molar-refractivity contribution in [1.82, 2.24) is 4.90 Å². The van der Waals surface area contributed by atoms with Crippen LogP contribution in [-0.4, -0.2) is 35.0 Å². The molecule has 3 rings (SSSR count). The van der Waals surface area contributed by atoms with Crippen LogP contribution in [0.4, 0.5) is 0 Å². The van der Waals surface area contributed by atoms with Gasteiger partial charge in [0.1, 0.15) is 0 Å². The van der Waals surface area contributed by atoms with Gasteiger partial charge in [-0.1, -0.05) is 19.8 Å². The molecule has 0 radical (unpaired) electrons. The van der Waals surface area contributed by atoms with Gasteiger partial charge in [-0.05, 0) is 37.5 Å². The first-order valence-corrected chi connectivity index (χ1v) is 7.53. The molecule has 1 saturated heterocycles. The van der Waals surface area contributed by atoms with E-state index in [1.54, 1.807) is 0 Å². The molecule has 19 heavy (non-hydrogen) atoms. The monoisotopic (exact) mass is 265 g/mol. The molecule has 2 aliphatic carbocycles. The molecule has 0 unspecified atom stereocenters. The third-order valence-electron chi connectivity index (χ3n) is 5.42. The number of aliphatic carboxylic acids is 1. The van der Waals surface area contributed by atoms with Crippen molar-refractivity contribution in [3.63, 3.8) is 0 Å². The molecule has 0 aromatic heterocycles. The van der Waals surface area contributed by atoms with Gasteiger partial charge in [-0.2, -0.15) is 0 Å². The summed E-state index contributed by atoms with van der Waals surface area (Å²) in [5.74, 6) is -0.0913. The second kappa shape index (κ2) is 4.50. The van der Waals surface area contributed by atoms with Crippen molar-refractivity contribution in [2.45, 2.75) is 45.4 Å². The molecule has 3 fully saturated rings. The number of hydrogen-bond acceptors (Lipinski definition) is 2. The van der Waals surface area contributed by atoms with Crippen LogP contribution in [0.15, 0.2) is 0 Å². The predicted octanol–water partition coefficient (Wildman–Crippen LogP) is 2.14. The summed E-state index contributed by atoms with van der Waals surface area (Å²) in [6.45, 7) is 3.17. The number of likely N-dealkylation sites (tertiary alicyclic amines) is 1. The average molecular weight is 265 g/mol. The largest absolute Gasteiger partial charge is 0.481 e. The minimum atomic E-state index is -0.719. The third kappa shape index (κ3) is 2.26. The van der Waals surface area contributed by atoms with Gasteiger partial charge in [-0.3, -0.25) is 9.59 Å². The van der Waals surface area contributed by atoms with Gasteiger partial charge < -0.3 is 10.0 Å². The molecule has 0 spiro atoms. The molecule has 2 saturated carbocycles. The standard InChI is InChI=1S/C15H23NO3/c1-15(6-2-3-7-15)14(19)16-8-11(10-4-5-10)12(9-16)13(17)18/h10-12H,2-9H2,1H3,(H,17,18)/t11-,12+/m1/s1. The van der Waals surface area contributed by atoms with E-state index in [4.69, 9.17) is 0 Å². The van der Waals surface area contributed by atoms with Crippen LogP contribution < -0.4 is 0 Å². The zero-order chi connectivity index (χ0) is 13.6. The number of rotatable bonds is 3.